The van der Waals surface area contributed by atoms with E-state index in [0.717, 1.165) is 30.5 Å². The van der Waals surface area contributed by atoms with Crippen LogP contribution in [0.25, 0.3) is 0 Å². The Kier molecular flexibility index (Phi) is 9.11. The third-order valence-electron chi connectivity index (χ3n) is 5.44. The number of guanidine groups is 1. The lowest BCUT2D eigenvalue weighted by molar-refractivity contribution is -0.137. The van der Waals surface area contributed by atoms with Gasteiger partial charge in [-0.3, -0.25) is 4.99 Å². The molecule has 1 heterocycles. The van der Waals surface area contributed by atoms with Crippen molar-refractivity contribution in [3.05, 3.63) is 71.0 Å². The smallest absolute Gasteiger partial charge is 0.381 e. The molecular formula is C22H26F4IN3O. The van der Waals surface area contributed by atoms with Gasteiger partial charge in [0.2, 0.25) is 0 Å². The highest BCUT2D eigenvalue weighted by Crippen LogP contribution is 2.34. The van der Waals surface area contributed by atoms with E-state index in [9.17, 15) is 17.6 Å². The Balaban J connectivity index is 0.00000341. The number of benzene rings is 2. The van der Waals surface area contributed by atoms with Gasteiger partial charge in [-0.15, -0.1) is 24.0 Å². The van der Waals surface area contributed by atoms with Gasteiger partial charge in [0.05, 0.1) is 5.56 Å². The van der Waals surface area contributed by atoms with Crippen molar-refractivity contribution in [2.75, 3.05) is 26.8 Å². The Morgan fingerprint density at radius 2 is 1.74 bits per heavy atom. The van der Waals surface area contributed by atoms with Crippen molar-refractivity contribution >= 4 is 29.9 Å². The molecule has 0 atom stereocenters. The highest BCUT2D eigenvalue weighted by atomic mass is 127. The van der Waals surface area contributed by atoms with Crippen LogP contribution in [0.2, 0.25) is 0 Å². The van der Waals surface area contributed by atoms with E-state index >= 15 is 0 Å². The van der Waals surface area contributed by atoms with Crippen LogP contribution in [-0.2, 0) is 22.9 Å². The van der Waals surface area contributed by atoms with Crippen LogP contribution in [0.5, 0.6) is 0 Å². The van der Waals surface area contributed by atoms with E-state index in [1.807, 2.05) is 0 Å². The normalized spacial score (nSPS) is 16.4. The molecule has 9 heteroatoms. The average molecular weight is 551 g/mol. The van der Waals surface area contributed by atoms with Crippen LogP contribution < -0.4 is 10.6 Å². The first-order valence-electron chi connectivity index (χ1n) is 9.77. The quantitative estimate of drug-likeness (QED) is 0.241. The van der Waals surface area contributed by atoms with Crippen molar-refractivity contribution in [2.24, 2.45) is 4.99 Å². The third-order valence-corrected chi connectivity index (χ3v) is 5.44. The summed E-state index contributed by atoms with van der Waals surface area (Å²) < 4.78 is 57.6. The molecular weight excluding hydrogens is 525 g/mol. The molecule has 2 aromatic carbocycles. The van der Waals surface area contributed by atoms with E-state index in [1.165, 1.54) is 18.2 Å². The zero-order chi connectivity index (χ0) is 21.6. The first-order chi connectivity index (χ1) is 14.3. The molecule has 0 aromatic heterocycles. The number of alkyl halides is 3. The maximum absolute atomic E-state index is 13.4. The Hall–Kier alpha value is -1.88. The van der Waals surface area contributed by atoms with Gasteiger partial charge < -0.3 is 15.4 Å². The van der Waals surface area contributed by atoms with Gasteiger partial charge in [-0.05, 0) is 48.2 Å². The number of hydrogen-bond acceptors (Lipinski definition) is 2. The van der Waals surface area contributed by atoms with Gasteiger partial charge in [-0.1, -0.05) is 24.3 Å². The average Bonchev–Trinajstić information content (AvgIpc) is 2.74. The van der Waals surface area contributed by atoms with Crippen molar-refractivity contribution < 1.29 is 22.3 Å². The molecule has 0 aliphatic carbocycles. The van der Waals surface area contributed by atoms with E-state index < -0.39 is 11.7 Å². The van der Waals surface area contributed by atoms with Gasteiger partial charge in [-0.2, -0.15) is 13.2 Å². The van der Waals surface area contributed by atoms with E-state index in [4.69, 9.17) is 4.74 Å². The summed E-state index contributed by atoms with van der Waals surface area (Å²) in [7, 11) is 1.61. The summed E-state index contributed by atoms with van der Waals surface area (Å²) in [6.07, 6.45) is -2.83. The molecule has 0 spiro atoms. The van der Waals surface area contributed by atoms with Crippen molar-refractivity contribution in [2.45, 2.75) is 31.0 Å². The van der Waals surface area contributed by atoms with Crippen LogP contribution in [0.15, 0.2) is 53.5 Å². The molecule has 2 aromatic rings. The van der Waals surface area contributed by atoms with Gasteiger partial charge in [-0.25, -0.2) is 4.39 Å². The number of nitrogens with one attached hydrogen (secondary N) is 2. The molecule has 0 bridgehead atoms. The van der Waals surface area contributed by atoms with Gasteiger partial charge in [0.15, 0.2) is 5.96 Å². The predicted molar refractivity (Wildman–Crippen MR) is 123 cm³/mol. The van der Waals surface area contributed by atoms with Gasteiger partial charge in [0, 0.05) is 38.8 Å². The van der Waals surface area contributed by atoms with Crippen molar-refractivity contribution in [1.82, 2.24) is 10.6 Å². The first kappa shape index (κ1) is 25.4. The molecule has 4 nitrogen and oxygen atoms in total. The molecule has 1 saturated heterocycles. The molecule has 3 rings (SSSR count). The minimum Gasteiger partial charge on any atom is -0.381 e. The van der Waals surface area contributed by atoms with E-state index in [1.54, 1.807) is 25.2 Å². The lowest BCUT2D eigenvalue weighted by Gasteiger charge is -2.38. The lowest BCUT2D eigenvalue weighted by Crippen LogP contribution is -2.47. The summed E-state index contributed by atoms with van der Waals surface area (Å²) in [5.74, 6) is 0.202. The molecule has 0 unspecified atom stereocenters. The topological polar surface area (TPSA) is 45.7 Å². The number of aliphatic imine (C=N–C) groups is 1. The van der Waals surface area contributed by atoms with Gasteiger partial charge in [0.1, 0.15) is 5.82 Å². The summed E-state index contributed by atoms with van der Waals surface area (Å²) >= 11 is 0. The monoisotopic (exact) mass is 551 g/mol. The van der Waals surface area contributed by atoms with Crippen LogP contribution >= 0.6 is 24.0 Å². The fraction of sp³-hybridized carbons (Fsp3) is 0.409. The van der Waals surface area contributed by atoms with E-state index in [-0.39, 0.29) is 41.8 Å². The number of rotatable bonds is 5. The second kappa shape index (κ2) is 11.1. The van der Waals surface area contributed by atoms with Crippen LogP contribution in [-0.4, -0.2) is 32.8 Å². The van der Waals surface area contributed by atoms with Crippen LogP contribution in [0.4, 0.5) is 17.6 Å². The second-order valence-electron chi connectivity index (χ2n) is 7.38. The Morgan fingerprint density at radius 3 is 2.35 bits per heavy atom. The molecule has 1 aliphatic heterocycles. The van der Waals surface area contributed by atoms with E-state index in [0.29, 0.717) is 31.3 Å². The third kappa shape index (κ3) is 6.80. The lowest BCUT2D eigenvalue weighted by atomic mass is 9.74. The molecule has 2 N–H and O–H groups in total. The summed E-state index contributed by atoms with van der Waals surface area (Å²) in [5, 5.41) is 6.34. The van der Waals surface area contributed by atoms with Gasteiger partial charge in [0.25, 0.3) is 0 Å². The maximum atomic E-state index is 13.4. The highest BCUT2D eigenvalue weighted by Gasteiger charge is 2.34. The zero-order valence-corrected chi connectivity index (χ0v) is 19.5. The fourth-order valence-corrected chi connectivity index (χ4v) is 3.65. The standard InChI is InChI=1S/C22H25F4N3O.HI/c1-27-20(28-14-16-3-2-4-18(13-16)22(24,25)26)29-15-21(9-11-30-12-10-21)17-5-7-19(23)8-6-17;/h2-8,13H,9-12,14-15H2,1H3,(H2,27,28,29);1H. The maximum Gasteiger partial charge on any atom is 0.416 e. The predicted octanol–water partition coefficient (Wildman–Crippen LogP) is 4.88. The van der Waals surface area contributed by atoms with Crippen molar-refractivity contribution in [1.29, 1.82) is 0 Å². The molecule has 0 radical (unpaired) electrons. The minimum atomic E-state index is -4.37. The molecule has 1 aliphatic rings. The summed E-state index contributed by atoms with van der Waals surface area (Å²) in [6.45, 7) is 1.96. The fourth-order valence-electron chi connectivity index (χ4n) is 3.65. The molecule has 1 fully saturated rings. The van der Waals surface area contributed by atoms with E-state index in [2.05, 4.69) is 15.6 Å². The number of halogens is 5. The second-order valence-corrected chi connectivity index (χ2v) is 7.38. The first-order valence-corrected chi connectivity index (χ1v) is 9.77. The van der Waals surface area contributed by atoms with Crippen LogP contribution in [0.3, 0.4) is 0 Å². The Bertz CT molecular complexity index is 866. The minimum absolute atomic E-state index is 0. The molecule has 0 amide bonds. The molecule has 31 heavy (non-hydrogen) atoms. The number of hydrogen-bond donors (Lipinski definition) is 2. The van der Waals surface area contributed by atoms with Crippen LogP contribution in [0.1, 0.15) is 29.5 Å². The van der Waals surface area contributed by atoms with Crippen LogP contribution in [0, 0.1) is 5.82 Å². The van der Waals surface area contributed by atoms with Crippen molar-refractivity contribution in [3.63, 3.8) is 0 Å². The Morgan fingerprint density at radius 1 is 1.06 bits per heavy atom. The number of nitrogens with zero attached hydrogens (tertiary/aromatic N) is 1. The molecule has 170 valence electrons. The summed E-state index contributed by atoms with van der Waals surface area (Å²) in [5.41, 5.74) is 0.613. The summed E-state index contributed by atoms with van der Waals surface area (Å²) in [6, 6.07) is 11.7. The largest absolute Gasteiger partial charge is 0.416 e. The SMILES string of the molecule is CN=C(NCc1cccc(C(F)(F)F)c1)NCC1(c2ccc(F)cc2)CCOCC1.I. The highest BCUT2D eigenvalue weighted by molar-refractivity contribution is 14.0. The van der Waals surface area contributed by atoms with Crippen molar-refractivity contribution in [3.8, 4) is 0 Å². The Labute approximate surface area is 196 Å². The molecule has 0 saturated carbocycles. The summed E-state index contributed by atoms with van der Waals surface area (Å²) in [4.78, 5) is 4.18. The van der Waals surface area contributed by atoms with Gasteiger partial charge >= 0.3 is 6.18 Å². The zero-order valence-electron chi connectivity index (χ0n) is 17.1. The number of ether oxygens (including phenoxy) is 1.